The smallest absolute Gasteiger partial charge is 0.326 e. The quantitative estimate of drug-likeness (QED) is 0.293. The van der Waals surface area contributed by atoms with Gasteiger partial charge in [-0.05, 0) is 31.9 Å². The van der Waals surface area contributed by atoms with Crippen LogP contribution in [0.5, 0.6) is 0 Å². The largest absolute Gasteiger partial charge is 0.480 e. The Morgan fingerprint density at radius 1 is 1.38 bits per heavy atom. The van der Waals surface area contributed by atoms with Crippen LogP contribution in [0.3, 0.4) is 0 Å². The van der Waals surface area contributed by atoms with E-state index in [0.717, 1.165) is 12.2 Å². The van der Waals surface area contributed by atoms with Crippen molar-refractivity contribution in [2.45, 2.75) is 25.3 Å². The maximum Gasteiger partial charge on any atom is 0.326 e. The van der Waals surface area contributed by atoms with E-state index in [-0.39, 0.29) is 0 Å². The summed E-state index contributed by atoms with van der Waals surface area (Å²) in [6.07, 6.45) is 4.12. The van der Waals surface area contributed by atoms with Crippen LogP contribution in [0.25, 0.3) is 0 Å². The fourth-order valence-corrected chi connectivity index (χ4v) is 1.10. The third-order valence-electron chi connectivity index (χ3n) is 1.89. The second kappa shape index (κ2) is 8.60. The van der Waals surface area contributed by atoms with Crippen molar-refractivity contribution in [1.82, 2.24) is 5.32 Å². The Labute approximate surface area is 93.5 Å². The molecule has 0 saturated heterocycles. The minimum absolute atomic E-state index is 0.327. The highest BCUT2D eigenvalue weighted by atomic mass is 16.4. The molecule has 6 nitrogen and oxygen atoms in total. The number of aliphatic carboxylic acids is 1. The van der Waals surface area contributed by atoms with Crippen LogP contribution in [0.15, 0.2) is 12.2 Å². The van der Waals surface area contributed by atoms with Crippen molar-refractivity contribution in [2.75, 3.05) is 6.54 Å². The number of carbonyl (C=O) groups excluding carboxylic acids is 2. The third-order valence-corrected chi connectivity index (χ3v) is 1.89. The van der Waals surface area contributed by atoms with Crippen molar-refractivity contribution in [3.05, 3.63) is 12.2 Å². The molecule has 4 N–H and O–H groups in total. The first-order chi connectivity index (χ1) is 7.61. The molecule has 0 aromatic heterocycles. The molecule has 1 atom stereocenters. The second-order valence-corrected chi connectivity index (χ2v) is 3.18. The van der Waals surface area contributed by atoms with Crippen LogP contribution in [-0.4, -0.2) is 35.9 Å². The number of hydrogen-bond donors (Lipinski definition) is 3. The predicted octanol–water partition coefficient (Wildman–Crippen LogP) is -0.560. The summed E-state index contributed by atoms with van der Waals surface area (Å²) in [5, 5.41) is 11.1. The lowest BCUT2D eigenvalue weighted by atomic mass is 10.1. The fourth-order valence-electron chi connectivity index (χ4n) is 1.10. The van der Waals surface area contributed by atoms with Gasteiger partial charge >= 0.3 is 5.97 Å². The molecular formula is C10H16N2O4. The number of aldehydes is 1. The summed E-state index contributed by atoms with van der Waals surface area (Å²) in [5.74, 6) is -1.68. The van der Waals surface area contributed by atoms with Crippen LogP contribution < -0.4 is 11.1 Å². The summed E-state index contributed by atoms with van der Waals surface area (Å²) in [4.78, 5) is 31.8. The lowest BCUT2D eigenvalue weighted by molar-refractivity contribution is -0.141. The first-order valence-electron chi connectivity index (χ1n) is 4.97. The molecule has 0 rings (SSSR count). The normalized spacial score (nSPS) is 12.3. The van der Waals surface area contributed by atoms with Crippen molar-refractivity contribution in [3.8, 4) is 0 Å². The molecule has 0 aromatic rings. The van der Waals surface area contributed by atoms with E-state index in [1.807, 2.05) is 0 Å². The number of nitrogens with one attached hydrogen (secondary N) is 1. The molecule has 0 unspecified atom stereocenters. The van der Waals surface area contributed by atoms with Gasteiger partial charge in [0.25, 0.3) is 0 Å². The number of carboxylic acid groups (broad SMARTS) is 1. The standard InChI is InChI=1S/C10H16N2O4/c11-6-2-1-4-8(10(15)16)12-9(14)5-3-7-13/h3,5,7-8H,1-2,4,6,11H2,(H,12,14)(H,15,16)/b5-3+/t8-/m0/s1. The van der Waals surface area contributed by atoms with Crippen LogP contribution in [0.2, 0.25) is 0 Å². The summed E-state index contributed by atoms with van der Waals surface area (Å²) in [7, 11) is 0. The van der Waals surface area contributed by atoms with Gasteiger partial charge in [0.15, 0.2) is 0 Å². The molecule has 0 heterocycles. The van der Waals surface area contributed by atoms with Gasteiger partial charge in [0, 0.05) is 6.08 Å². The number of carbonyl (C=O) groups is 3. The topological polar surface area (TPSA) is 109 Å². The number of hydrogen-bond acceptors (Lipinski definition) is 4. The van der Waals surface area contributed by atoms with Gasteiger partial charge < -0.3 is 16.2 Å². The van der Waals surface area contributed by atoms with Crippen LogP contribution in [0.1, 0.15) is 19.3 Å². The zero-order valence-corrected chi connectivity index (χ0v) is 8.89. The Hall–Kier alpha value is -1.69. The van der Waals surface area contributed by atoms with Crippen LogP contribution in [-0.2, 0) is 14.4 Å². The average Bonchev–Trinajstić information content (AvgIpc) is 2.25. The van der Waals surface area contributed by atoms with E-state index in [0.29, 0.717) is 32.1 Å². The van der Waals surface area contributed by atoms with Gasteiger partial charge in [-0.15, -0.1) is 0 Å². The summed E-state index contributed by atoms with van der Waals surface area (Å²) in [6, 6.07) is -0.935. The maximum atomic E-state index is 11.1. The maximum absolute atomic E-state index is 11.1. The zero-order valence-electron chi connectivity index (χ0n) is 8.89. The van der Waals surface area contributed by atoms with Crippen molar-refractivity contribution in [2.24, 2.45) is 5.73 Å². The molecule has 16 heavy (non-hydrogen) atoms. The van der Waals surface area contributed by atoms with Gasteiger partial charge in [-0.2, -0.15) is 0 Å². The van der Waals surface area contributed by atoms with Crippen molar-refractivity contribution in [3.63, 3.8) is 0 Å². The monoisotopic (exact) mass is 228 g/mol. The number of rotatable bonds is 8. The van der Waals surface area contributed by atoms with E-state index in [2.05, 4.69) is 5.32 Å². The summed E-state index contributed by atoms with van der Waals surface area (Å²) < 4.78 is 0. The lowest BCUT2D eigenvalue weighted by Crippen LogP contribution is -2.40. The Morgan fingerprint density at radius 2 is 2.06 bits per heavy atom. The minimum atomic E-state index is -1.09. The Kier molecular flexibility index (Phi) is 7.70. The molecule has 0 spiro atoms. The molecule has 0 fully saturated rings. The molecular weight excluding hydrogens is 212 g/mol. The van der Waals surface area contributed by atoms with Gasteiger partial charge in [-0.25, -0.2) is 4.79 Å². The SMILES string of the molecule is NCCCC[C@H](NC(=O)/C=C/C=O)C(=O)O. The van der Waals surface area contributed by atoms with Gasteiger partial charge in [-0.1, -0.05) is 0 Å². The van der Waals surface area contributed by atoms with Crippen LogP contribution in [0.4, 0.5) is 0 Å². The first kappa shape index (κ1) is 14.3. The van der Waals surface area contributed by atoms with Gasteiger partial charge in [0.1, 0.15) is 12.3 Å². The van der Waals surface area contributed by atoms with Crippen LogP contribution in [0, 0.1) is 0 Å². The minimum Gasteiger partial charge on any atom is -0.480 e. The van der Waals surface area contributed by atoms with E-state index in [4.69, 9.17) is 10.8 Å². The summed E-state index contributed by atoms with van der Waals surface area (Å²) >= 11 is 0. The van der Waals surface area contributed by atoms with Crippen molar-refractivity contribution in [1.29, 1.82) is 0 Å². The average molecular weight is 228 g/mol. The fraction of sp³-hybridized carbons (Fsp3) is 0.500. The molecule has 0 aliphatic heterocycles. The molecule has 0 aliphatic carbocycles. The van der Waals surface area contributed by atoms with Gasteiger partial charge in [0.05, 0.1) is 0 Å². The number of amides is 1. The molecule has 0 bridgehead atoms. The molecule has 0 aromatic carbocycles. The highest BCUT2D eigenvalue weighted by molar-refractivity contribution is 5.93. The molecule has 0 saturated carbocycles. The highest BCUT2D eigenvalue weighted by Crippen LogP contribution is 2.00. The number of allylic oxidation sites excluding steroid dienone is 1. The number of carboxylic acids is 1. The van der Waals surface area contributed by atoms with E-state index in [1.165, 1.54) is 0 Å². The highest BCUT2D eigenvalue weighted by Gasteiger charge is 2.17. The third kappa shape index (κ3) is 6.72. The Balaban J connectivity index is 4.12. The molecule has 1 amide bonds. The zero-order chi connectivity index (χ0) is 12.4. The molecule has 90 valence electrons. The van der Waals surface area contributed by atoms with E-state index in [1.54, 1.807) is 0 Å². The Morgan fingerprint density at radius 3 is 2.56 bits per heavy atom. The van der Waals surface area contributed by atoms with Gasteiger partial charge in [-0.3, -0.25) is 9.59 Å². The van der Waals surface area contributed by atoms with Gasteiger partial charge in [0.2, 0.25) is 5.91 Å². The van der Waals surface area contributed by atoms with E-state index in [9.17, 15) is 14.4 Å². The van der Waals surface area contributed by atoms with E-state index >= 15 is 0 Å². The van der Waals surface area contributed by atoms with Crippen LogP contribution >= 0.6 is 0 Å². The number of nitrogens with two attached hydrogens (primary N) is 1. The molecule has 0 aliphatic rings. The first-order valence-corrected chi connectivity index (χ1v) is 4.97. The Bertz CT molecular complexity index is 276. The summed E-state index contributed by atoms with van der Waals surface area (Å²) in [6.45, 7) is 0.491. The number of unbranched alkanes of at least 4 members (excludes halogenated alkanes) is 1. The van der Waals surface area contributed by atoms with Crippen molar-refractivity contribution < 1.29 is 19.5 Å². The molecule has 0 radical (unpaired) electrons. The summed E-state index contributed by atoms with van der Waals surface area (Å²) in [5.41, 5.74) is 5.27. The van der Waals surface area contributed by atoms with E-state index < -0.39 is 17.9 Å². The van der Waals surface area contributed by atoms with Crippen molar-refractivity contribution >= 4 is 18.2 Å². The second-order valence-electron chi connectivity index (χ2n) is 3.18. The predicted molar refractivity (Wildman–Crippen MR) is 57.7 cm³/mol. The lowest BCUT2D eigenvalue weighted by Gasteiger charge is -2.12. The molecule has 6 heteroatoms.